The number of nitrogens with zero attached hydrogens (tertiary/aromatic N) is 1. The molecule has 0 aromatic heterocycles. The Hall–Kier alpha value is -1.38. The predicted octanol–water partition coefficient (Wildman–Crippen LogP) is 2.06. The molecule has 2 rings (SSSR count). The summed E-state index contributed by atoms with van der Waals surface area (Å²) in [6, 6.07) is 6.85. The van der Waals surface area contributed by atoms with Crippen LogP contribution in [0.4, 0.5) is 4.39 Å². The fraction of sp³-hybridized carbons (Fsp3) is 0.364. The molecule has 0 spiro atoms. The summed E-state index contributed by atoms with van der Waals surface area (Å²) in [6.07, 6.45) is 4.19. The average molecular weight is 192 g/mol. The highest BCUT2D eigenvalue weighted by atomic mass is 19.1. The van der Waals surface area contributed by atoms with E-state index in [9.17, 15) is 4.39 Å². The van der Waals surface area contributed by atoms with Gasteiger partial charge in [0.05, 0.1) is 6.04 Å². The molecule has 0 bridgehead atoms. The van der Waals surface area contributed by atoms with Gasteiger partial charge in [0.2, 0.25) is 0 Å². The van der Waals surface area contributed by atoms with Crippen LogP contribution in [0.1, 0.15) is 12.0 Å². The highest BCUT2D eigenvalue weighted by molar-refractivity contribution is 5.48. The average Bonchev–Trinajstić information content (AvgIpc) is 2.67. The van der Waals surface area contributed by atoms with Crippen LogP contribution in [-0.2, 0) is 11.2 Å². The zero-order valence-corrected chi connectivity index (χ0v) is 7.74. The highest BCUT2D eigenvalue weighted by Crippen LogP contribution is 2.11. The number of hydrogen-bond acceptors (Lipinski definition) is 2. The van der Waals surface area contributed by atoms with E-state index in [2.05, 4.69) is 11.4 Å². The zero-order valence-electron chi connectivity index (χ0n) is 7.74. The fourth-order valence-electron chi connectivity index (χ4n) is 1.46. The lowest BCUT2D eigenvalue weighted by atomic mass is 10.1. The monoisotopic (exact) mass is 192 g/mol. The van der Waals surface area contributed by atoms with E-state index in [4.69, 9.17) is 4.74 Å². The molecule has 2 nitrogen and oxygen atoms in total. The molecule has 1 aromatic carbocycles. The second kappa shape index (κ2) is 4.22. The molecule has 0 aliphatic carbocycles. The van der Waals surface area contributed by atoms with Crippen LogP contribution in [0.5, 0.6) is 0 Å². The number of aliphatic imine (C=N–C) groups is 1. The summed E-state index contributed by atoms with van der Waals surface area (Å²) in [6.45, 7) is 0.606. The molecule has 73 valence electrons. The minimum absolute atomic E-state index is 0.180. The minimum Gasteiger partial charge on any atom is -0.472 e. The van der Waals surface area contributed by atoms with Crippen molar-refractivity contribution in [2.45, 2.75) is 18.9 Å². The molecule has 0 fully saturated rings. The van der Waals surface area contributed by atoms with Crippen molar-refractivity contribution in [1.29, 1.82) is 0 Å². The van der Waals surface area contributed by atoms with Gasteiger partial charge in [-0.3, -0.25) is 0 Å². The summed E-state index contributed by atoms with van der Waals surface area (Å²) in [5.41, 5.74) is 1.01. The third-order valence-corrected chi connectivity index (χ3v) is 2.23. The number of rotatable bonds is 3. The first-order valence-electron chi connectivity index (χ1n) is 4.66. The Kier molecular flexibility index (Phi) is 2.77. The van der Waals surface area contributed by atoms with E-state index in [1.807, 2.05) is 6.07 Å². The van der Waals surface area contributed by atoms with Crippen LogP contribution < -0.4 is 0 Å². The lowest BCUT2D eigenvalue weighted by Gasteiger charge is -2.04. The Morgan fingerprint density at radius 2 is 2.50 bits per heavy atom. The number of halogens is 1. The van der Waals surface area contributed by atoms with E-state index in [0.29, 0.717) is 6.61 Å². The van der Waals surface area contributed by atoms with Gasteiger partial charge in [-0.05, 0) is 30.5 Å². The van der Waals surface area contributed by atoms with Crippen LogP contribution in [0.15, 0.2) is 29.3 Å². The summed E-state index contributed by atoms with van der Waals surface area (Å²) in [4.78, 5) is 4.01. The summed E-state index contributed by atoms with van der Waals surface area (Å²) in [5.74, 6) is -0.180. The van der Waals surface area contributed by atoms with E-state index in [-0.39, 0.29) is 11.9 Å². The Bertz CT molecular complexity index is 338. The van der Waals surface area contributed by atoms with Gasteiger partial charge < -0.3 is 4.74 Å². The van der Waals surface area contributed by atoms with E-state index in [1.54, 1.807) is 12.1 Å². The maximum Gasteiger partial charge on any atom is 0.273 e. The van der Waals surface area contributed by atoms with Crippen molar-refractivity contribution >= 4 is 6.40 Å². The van der Waals surface area contributed by atoms with Crippen LogP contribution in [0.3, 0.4) is 0 Å². The highest BCUT2D eigenvalue weighted by Gasteiger charge is 2.11. The van der Waals surface area contributed by atoms with Crippen LogP contribution in [0.25, 0.3) is 0 Å². The Morgan fingerprint density at radius 1 is 1.57 bits per heavy atom. The van der Waals surface area contributed by atoms with Crippen molar-refractivity contribution in [2.24, 2.45) is 4.99 Å². The molecular weight excluding hydrogens is 181 g/mol. The van der Waals surface area contributed by atoms with Crippen molar-refractivity contribution in [2.75, 3.05) is 6.61 Å². The van der Waals surface area contributed by atoms with Crippen molar-refractivity contribution in [3.63, 3.8) is 0 Å². The van der Waals surface area contributed by atoms with E-state index in [1.165, 1.54) is 6.07 Å². The molecule has 1 atom stereocenters. The van der Waals surface area contributed by atoms with Gasteiger partial charge in [0.25, 0.3) is 6.40 Å². The topological polar surface area (TPSA) is 21.6 Å². The van der Waals surface area contributed by atoms with Crippen LogP contribution in [0, 0.1) is 5.82 Å². The van der Waals surface area contributed by atoms with Gasteiger partial charge in [0, 0.05) is 0 Å². The molecule has 3 heteroatoms. The molecule has 1 heterocycles. The molecule has 0 saturated heterocycles. The maximum absolute atomic E-state index is 12.8. The van der Waals surface area contributed by atoms with E-state index in [0.717, 1.165) is 18.4 Å². The second-order valence-electron chi connectivity index (χ2n) is 3.35. The van der Waals surface area contributed by atoms with E-state index < -0.39 is 0 Å². The standard InChI is InChI=1S/C11H11FNO/c12-10-3-1-2-9(6-10)4-5-11-7-14-8-13-11/h1-3,6,11H,4-5,7H2. The number of benzene rings is 1. The molecule has 1 aromatic rings. The second-order valence-corrected chi connectivity index (χ2v) is 3.35. The zero-order chi connectivity index (χ0) is 9.80. The molecule has 0 saturated carbocycles. The predicted molar refractivity (Wildman–Crippen MR) is 51.9 cm³/mol. The number of hydrogen-bond donors (Lipinski definition) is 0. The third kappa shape index (κ3) is 2.31. The normalized spacial score (nSPS) is 19.6. The summed E-state index contributed by atoms with van der Waals surface area (Å²) in [7, 11) is 0. The Labute approximate surface area is 82.4 Å². The van der Waals surface area contributed by atoms with Crippen molar-refractivity contribution in [3.8, 4) is 0 Å². The molecule has 1 aliphatic rings. The van der Waals surface area contributed by atoms with E-state index >= 15 is 0 Å². The van der Waals surface area contributed by atoms with Crippen LogP contribution >= 0.6 is 0 Å². The van der Waals surface area contributed by atoms with Crippen LogP contribution in [0.2, 0.25) is 0 Å². The molecule has 14 heavy (non-hydrogen) atoms. The lowest BCUT2D eigenvalue weighted by Crippen LogP contribution is -2.07. The maximum atomic E-state index is 12.8. The summed E-state index contributed by atoms with van der Waals surface area (Å²) in [5, 5.41) is 0. The summed E-state index contributed by atoms with van der Waals surface area (Å²) >= 11 is 0. The van der Waals surface area contributed by atoms with Crippen molar-refractivity contribution < 1.29 is 9.13 Å². The van der Waals surface area contributed by atoms with Gasteiger partial charge in [0.15, 0.2) is 0 Å². The van der Waals surface area contributed by atoms with Gasteiger partial charge in [-0.2, -0.15) is 0 Å². The van der Waals surface area contributed by atoms with Crippen molar-refractivity contribution in [1.82, 2.24) is 0 Å². The van der Waals surface area contributed by atoms with Crippen LogP contribution in [-0.4, -0.2) is 19.0 Å². The molecule has 1 unspecified atom stereocenters. The van der Waals surface area contributed by atoms with Gasteiger partial charge >= 0.3 is 0 Å². The molecular formula is C11H11FNO. The minimum atomic E-state index is -0.180. The SMILES string of the molecule is Fc1cccc(CCC2CO[C]=N2)c1. The quantitative estimate of drug-likeness (QED) is 0.718. The summed E-state index contributed by atoms with van der Waals surface area (Å²) < 4.78 is 17.7. The first-order chi connectivity index (χ1) is 6.84. The lowest BCUT2D eigenvalue weighted by molar-refractivity contribution is 0.322. The van der Waals surface area contributed by atoms with Crippen molar-refractivity contribution in [3.05, 3.63) is 35.6 Å². The molecule has 1 radical (unpaired) electrons. The first kappa shape index (κ1) is 9.19. The third-order valence-electron chi connectivity index (χ3n) is 2.23. The molecule has 1 aliphatic heterocycles. The van der Waals surface area contributed by atoms with Gasteiger partial charge in [-0.25, -0.2) is 9.38 Å². The molecule has 0 N–H and O–H groups in total. The van der Waals surface area contributed by atoms with Gasteiger partial charge in [0.1, 0.15) is 12.4 Å². The number of ether oxygens (including phenoxy) is 1. The first-order valence-corrected chi connectivity index (χ1v) is 4.66. The molecule has 0 amide bonds. The van der Waals surface area contributed by atoms with Gasteiger partial charge in [-0.1, -0.05) is 12.1 Å². The largest absolute Gasteiger partial charge is 0.472 e. The fourth-order valence-corrected chi connectivity index (χ4v) is 1.46. The smallest absolute Gasteiger partial charge is 0.273 e. The number of aryl methyl sites for hydroxylation is 1. The Morgan fingerprint density at radius 3 is 3.21 bits per heavy atom. The Balaban J connectivity index is 1.88. The van der Waals surface area contributed by atoms with Gasteiger partial charge in [-0.15, -0.1) is 0 Å².